The first-order valence-electron chi connectivity index (χ1n) is 7.30. The van der Waals surface area contributed by atoms with E-state index >= 15 is 0 Å². The lowest BCUT2D eigenvalue weighted by Crippen LogP contribution is -2.09. The fourth-order valence-electron chi connectivity index (χ4n) is 1.96. The highest BCUT2D eigenvalue weighted by Gasteiger charge is 2.08. The highest BCUT2D eigenvalue weighted by molar-refractivity contribution is 7.85. The maximum Gasteiger partial charge on any atom is 0.264 e. The zero-order valence-electron chi connectivity index (χ0n) is 13.2. The van der Waals surface area contributed by atoms with Crippen LogP contribution in [-0.4, -0.2) is 25.3 Å². The number of nitrogens with zero attached hydrogens (tertiary/aromatic N) is 2. The van der Waals surface area contributed by atoms with Gasteiger partial charge in [-0.25, -0.2) is 0 Å². The van der Waals surface area contributed by atoms with Crippen molar-refractivity contribution in [3.05, 3.63) is 48.0 Å². The largest absolute Gasteiger partial charge is 0.491 e. The van der Waals surface area contributed by atoms with E-state index < -0.39 is 10.1 Å². The number of nitrogen functional groups attached to an aromatic ring is 1. The summed E-state index contributed by atoms with van der Waals surface area (Å²) in [5.41, 5.74) is 8.51. The Morgan fingerprint density at radius 1 is 1.17 bits per heavy atom. The second-order valence-electron chi connectivity index (χ2n) is 5.20. The van der Waals surface area contributed by atoms with Crippen molar-refractivity contribution in [2.75, 3.05) is 18.1 Å². The average Bonchev–Trinajstić information content (AvgIpc) is 2.52. The minimum absolute atomic E-state index is 0.113. The number of rotatable bonds is 7. The van der Waals surface area contributed by atoms with Gasteiger partial charge in [-0.15, -0.1) is 0 Å². The molecule has 0 aromatic heterocycles. The first-order valence-corrected chi connectivity index (χ1v) is 8.91. The number of azo groups is 1. The van der Waals surface area contributed by atoms with E-state index in [4.69, 9.17) is 15.0 Å². The van der Waals surface area contributed by atoms with Crippen molar-refractivity contribution in [3.8, 4) is 5.75 Å². The summed E-state index contributed by atoms with van der Waals surface area (Å²) in [5.74, 6) is 0.0391. The molecule has 8 heteroatoms. The first kappa shape index (κ1) is 17.9. The van der Waals surface area contributed by atoms with E-state index in [9.17, 15) is 8.42 Å². The van der Waals surface area contributed by atoms with Gasteiger partial charge in [0.25, 0.3) is 10.1 Å². The molecule has 7 nitrogen and oxygen atoms in total. The van der Waals surface area contributed by atoms with E-state index in [-0.39, 0.29) is 18.8 Å². The lowest BCUT2D eigenvalue weighted by Gasteiger charge is -2.10. The van der Waals surface area contributed by atoms with Crippen LogP contribution >= 0.6 is 0 Å². The van der Waals surface area contributed by atoms with Gasteiger partial charge >= 0.3 is 0 Å². The number of anilines is 1. The lowest BCUT2D eigenvalue weighted by atomic mass is 10.1. The highest BCUT2D eigenvalue weighted by Crippen LogP contribution is 2.32. The van der Waals surface area contributed by atoms with Crippen LogP contribution in [0.25, 0.3) is 0 Å². The summed E-state index contributed by atoms with van der Waals surface area (Å²) in [6.45, 7) is 1.97. The maximum atomic E-state index is 10.7. The van der Waals surface area contributed by atoms with Gasteiger partial charge in [0, 0.05) is 6.07 Å². The second-order valence-corrected chi connectivity index (χ2v) is 6.77. The third-order valence-electron chi connectivity index (χ3n) is 3.16. The van der Waals surface area contributed by atoms with Crippen LogP contribution in [0.4, 0.5) is 17.1 Å². The molecule has 0 saturated carbocycles. The smallest absolute Gasteiger partial charge is 0.264 e. The topological polar surface area (TPSA) is 114 Å². The van der Waals surface area contributed by atoms with Crippen molar-refractivity contribution < 1.29 is 17.7 Å². The maximum absolute atomic E-state index is 10.7. The zero-order chi connectivity index (χ0) is 17.6. The Kier molecular flexibility index (Phi) is 5.88. The molecule has 3 N–H and O–H groups in total. The predicted octanol–water partition coefficient (Wildman–Crippen LogP) is 3.65. The van der Waals surface area contributed by atoms with Gasteiger partial charge < -0.3 is 10.5 Å². The minimum Gasteiger partial charge on any atom is -0.491 e. The molecule has 0 saturated heterocycles. The van der Waals surface area contributed by atoms with Crippen LogP contribution in [0.3, 0.4) is 0 Å². The van der Waals surface area contributed by atoms with E-state index in [0.29, 0.717) is 17.1 Å². The van der Waals surface area contributed by atoms with Crippen molar-refractivity contribution in [2.45, 2.75) is 13.3 Å². The monoisotopic (exact) mass is 349 g/mol. The van der Waals surface area contributed by atoms with Gasteiger partial charge in [0.1, 0.15) is 5.75 Å². The molecule has 2 rings (SSSR count). The third-order valence-corrected chi connectivity index (χ3v) is 3.97. The summed E-state index contributed by atoms with van der Waals surface area (Å²) in [5, 5.41) is 8.35. The van der Waals surface area contributed by atoms with Crippen molar-refractivity contribution in [3.63, 3.8) is 0 Å². The van der Waals surface area contributed by atoms with Crippen molar-refractivity contribution >= 4 is 27.2 Å². The molecule has 0 heterocycles. The molecule has 0 fully saturated rings. The summed E-state index contributed by atoms with van der Waals surface area (Å²) < 4.78 is 35.5. The van der Waals surface area contributed by atoms with Crippen molar-refractivity contribution in [2.24, 2.45) is 10.2 Å². The second kappa shape index (κ2) is 7.89. The Balaban J connectivity index is 2.09. The van der Waals surface area contributed by atoms with Crippen LogP contribution in [0.1, 0.15) is 12.0 Å². The minimum atomic E-state index is -3.99. The number of hydrogen-bond acceptors (Lipinski definition) is 6. The zero-order valence-corrected chi connectivity index (χ0v) is 14.0. The molecular weight excluding hydrogens is 330 g/mol. The van der Waals surface area contributed by atoms with Crippen molar-refractivity contribution in [1.29, 1.82) is 0 Å². The van der Waals surface area contributed by atoms with Gasteiger partial charge in [-0.05, 0) is 37.1 Å². The van der Waals surface area contributed by atoms with Crippen LogP contribution in [0.5, 0.6) is 5.75 Å². The lowest BCUT2D eigenvalue weighted by molar-refractivity contribution is 0.318. The summed E-state index contributed by atoms with van der Waals surface area (Å²) in [6.07, 6.45) is 0.160. The molecule has 0 spiro atoms. The molecular formula is C16H19N3O4S. The standard InChI is InChI=1S/C16H19N3O4S/c1-12-10-14(17)16(23-8-5-9-24(20,21)22)11-15(12)19-18-13-6-3-2-4-7-13/h2-4,6-7,10-11H,5,8-9,17H2,1H3,(H,20,21,22). The number of nitrogens with two attached hydrogens (primary N) is 1. The molecule has 0 aliphatic rings. The quantitative estimate of drug-likeness (QED) is 0.343. The summed E-state index contributed by atoms with van der Waals surface area (Å²) in [6, 6.07) is 12.7. The Labute approximate surface area is 140 Å². The van der Waals surface area contributed by atoms with Gasteiger partial charge in [-0.3, -0.25) is 4.55 Å². The highest BCUT2D eigenvalue weighted by atomic mass is 32.2. The Bertz CT molecular complexity index is 821. The Morgan fingerprint density at radius 2 is 1.88 bits per heavy atom. The van der Waals surface area contributed by atoms with Crippen LogP contribution in [0.15, 0.2) is 52.7 Å². The number of ether oxygens (including phenoxy) is 1. The van der Waals surface area contributed by atoms with E-state index in [1.165, 1.54) is 0 Å². The number of aryl methyl sites for hydroxylation is 1. The van der Waals surface area contributed by atoms with Gasteiger partial charge in [0.05, 0.1) is 29.4 Å². The van der Waals surface area contributed by atoms with Gasteiger partial charge in [-0.1, -0.05) is 18.2 Å². The van der Waals surface area contributed by atoms with E-state index in [2.05, 4.69) is 10.2 Å². The summed E-state index contributed by atoms with van der Waals surface area (Å²) >= 11 is 0. The molecule has 2 aromatic rings. The number of hydrogen-bond donors (Lipinski definition) is 2. The van der Waals surface area contributed by atoms with E-state index in [1.807, 2.05) is 37.3 Å². The van der Waals surface area contributed by atoms with Gasteiger partial charge in [0.15, 0.2) is 0 Å². The molecule has 0 bridgehead atoms. The molecule has 0 amide bonds. The van der Waals surface area contributed by atoms with Crippen LogP contribution in [0, 0.1) is 6.92 Å². The first-order chi connectivity index (χ1) is 11.3. The molecule has 24 heavy (non-hydrogen) atoms. The summed E-state index contributed by atoms with van der Waals surface area (Å²) in [7, 11) is -3.99. The Hall–Kier alpha value is -2.45. The van der Waals surface area contributed by atoms with Gasteiger partial charge in [0.2, 0.25) is 0 Å². The predicted molar refractivity (Wildman–Crippen MR) is 92.7 cm³/mol. The normalized spacial score (nSPS) is 11.8. The SMILES string of the molecule is Cc1cc(N)c(OCCCS(=O)(=O)O)cc1N=Nc1ccccc1. The van der Waals surface area contributed by atoms with E-state index in [1.54, 1.807) is 12.1 Å². The molecule has 0 atom stereocenters. The molecule has 0 aliphatic heterocycles. The average molecular weight is 349 g/mol. The molecule has 0 unspecified atom stereocenters. The fourth-order valence-corrected chi connectivity index (χ4v) is 2.44. The van der Waals surface area contributed by atoms with E-state index in [0.717, 1.165) is 11.3 Å². The molecule has 0 radical (unpaired) electrons. The van der Waals surface area contributed by atoms with Crippen molar-refractivity contribution in [1.82, 2.24) is 0 Å². The van der Waals surface area contributed by atoms with Crippen LogP contribution in [-0.2, 0) is 10.1 Å². The van der Waals surface area contributed by atoms with Crippen LogP contribution in [0.2, 0.25) is 0 Å². The fraction of sp³-hybridized carbons (Fsp3) is 0.250. The summed E-state index contributed by atoms with van der Waals surface area (Å²) in [4.78, 5) is 0. The molecule has 0 aliphatic carbocycles. The Morgan fingerprint density at radius 3 is 2.54 bits per heavy atom. The number of benzene rings is 2. The van der Waals surface area contributed by atoms with Gasteiger partial charge in [-0.2, -0.15) is 18.6 Å². The van der Waals surface area contributed by atoms with Crippen LogP contribution < -0.4 is 10.5 Å². The molecule has 128 valence electrons. The third kappa shape index (κ3) is 5.64. The molecule has 2 aromatic carbocycles.